The lowest BCUT2D eigenvalue weighted by molar-refractivity contribution is 0.606. The molecule has 0 aliphatic rings. The molecule has 1 N–H and O–H groups in total. The van der Waals surface area contributed by atoms with Crippen LogP contribution in [0.1, 0.15) is 32.8 Å². The summed E-state index contributed by atoms with van der Waals surface area (Å²) in [5.74, 6) is 2.30. The summed E-state index contributed by atoms with van der Waals surface area (Å²) in [6.45, 7) is 10.4. The predicted molar refractivity (Wildman–Crippen MR) is 93.8 cm³/mol. The van der Waals surface area contributed by atoms with Crippen molar-refractivity contribution in [3.8, 4) is 0 Å². The van der Waals surface area contributed by atoms with Crippen LogP contribution in [-0.2, 0) is 0 Å². The van der Waals surface area contributed by atoms with Crippen molar-refractivity contribution >= 4 is 17.5 Å². The van der Waals surface area contributed by atoms with Crippen LogP contribution >= 0.6 is 0 Å². The summed E-state index contributed by atoms with van der Waals surface area (Å²) in [5, 5.41) is 3.31. The van der Waals surface area contributed by atoms with Gasteiger partial charge in [-0.1, -0.05) is 26.0 Å². The fourth-order valence-electron chi connectivity index (χ4n) is 2.33. The second kappa shape index (κ2) is 7.78. The van der Waals surface area contributed by atoms with Gasteiger partial charge in [0.05, 0.1) is 0 Å². The average molecular weight is 298 g/mol. The zero-order valence-electron chi connectivity index (χ0n) is 14.0. The summed E-state index contributed by atoms with van der Waals surface area (Å²) < 4.78 is 0. The number of hydrogen-bond acceptors (Lipinski definition) is 4. The normalized spacial score (nSPS) is 10.8. The van der Waals surface area contributed by atoms with Gasteiger partial charge in [-0.25, -0.2) is 4.98 Å². The van der Waals surface area contributed by atoms with Crippen LogP contribution in [0.15, 0.2) is 36.5 Å². The minimum atomic E-state index is 0.676. The van der Waals surface area contributed by atoms with Crippen molar-refractivity contribution in [2.24, 2.45) is 5.92 Å². The minimum Gasteiger partial charge on any atom is -0.354 e. The summed E-state index contributed by atoms with van der Waals surface area (Å²) in [7, 11) is 0. The summed E-state index contributed by atoms with van der Waals surface area (Å²) in [5.41, 5.74) is 2.41. The van der Waals surface area contributed by atoms with Gasteiger partial charge in [0.15, 0.2) is 0 Å². The van der Waals surface area contributed by atoms with Crippen molar-refractivity contribution in [2.75, 3.05) is 23.3 Å². The van der Waals surface area contributed by atoms with Gasteiger partial charge in [0.1, 0.15) is 5.82 Å². The maximum Gasteiger partial charge on any atom is 0.224 e. The first-order valence-corrected chi connectivity index (χ1v) is 8.01. The first-order valence-electron chi connectivity index (χ1n) is 8.01. The summed E-state index contributed by atoms with van der Waals surface area (Å²) >= 11 is 0. The average Bonchev–Trinajstić information content (AvgIpc) is 2.48. The maximum atomic E-state index is 4.65. The molecular weight excluding hydrogens is 272 g/mol. The van der Waals surface area contributed by atoms with Gasteiger partial charge in [0.2, 0.25) is 5.95 Å². The monoisotopic (exact) mass is 298 g/mol. The Morgan fingerprint density at radius 2 is 2.05 bits per heavy atom. The number of benzene rings is 1. The molecule has 22 heavy (non-hydrogen) atoms. The van der Waals surface area contributed by atoms with E-state index < -0.39 is 0 Å². The van der Waals surface area contributed by atoms with E-state index in [9.17, 15) is 0 Å². The van der Waals surface area contributed by atoms with E-state index in [2.05, 4.69) is 72.1 Å². The highest BCUT2D eigenvalue weighted by atomic mass is 15.2. The van der Waals surface area contributed by atoms with E-state index in [1.165, 1.54) is 5.56 Å². The Bertz CT molecular complexity index is 595. The predicted octanol–water partition coefficient (Wildman–Crippen LogP) is 4.40. The summed E-state index contributed by atoms with van der Waals surface area (Å²) in [6.07, 6.45) is 2.93. The van der Waals surface area contributed by atoms with Crippen LogP contribution < -0.4 is 10.2 Å². The SMILES string of the molecule is CCN(c1cccc(C)c1)c1ccnc(NCCC(C)C)n1. The van der Waals surface area contributed by atoms with Crippen molar-refractivity contribution in [3.63, 3.8) is 0 Å². The van der Waals surface area contributed by atoms with Gasteiger partial charge < -0.3 is 10.2 Å². The van der Waals surface area contributed by atoms with Crippen molar-refractivity contribution in [1.82, 2.24) is 9.97 Å². The number of aryl methyl sites for hydroxylation is 1. The lowest BCUT2D eigenvalue weighted by Gasteiger charge is -2.22. The molecule has 2 aromatic rings. The standard InChI is InChI=1S/C18H26N4/c1-5-22(16-8-6-7-15(4)13-16)17-10-12-20-18(21-17)19-11-9-14(2)3/h6-8,10,12-14H,5,9,11H2,1-4H3,(H,19,20,21). The van der Waals surface area contributed by atoms with Crippen molar-refractivity contribution < 1.29 is 0 Å². The van der Waals surface area contributed by atoms with E-state index in [4.69, 9.17) is 0 Å². The Hall–Kier alpha value is -2.10. The Labute approximate surface area is 133 Å². The summed E-state index contributed by atoms with van der Waals surface area (Å²) in [4.78, 5) is 11.2. The molecule has 0 saturated carbocycles. The molecule has 0 amide bonds. The fraction of sp³-hybridized carbons (Fsp3) is 0.444. The molecule has 4 heteroatoms. The van der Waals surface area contributed by atoms with E-state index >= 15 is 0 Å². The number of anilines is 3. The number of nitrogens with one attached hydrogen (secondary N) is 1. The Kier molecular flexibility index (Phi) is 5.75. The Morgan fingerprint density at radius 1 is 1.23 bits per heavy atom. The number of rotatable bonds is 7. The zero-order valence-corrected chi connectivity index (χ0v) is 14.0. The van der Waals surface area contributed by atoms with E-state index in [0.717, 1.165) is 31.0 Å². The maximum absolute atomic E-state index is 4.65. The molecule has 0 unspecified atom stereocenters. The molecule has 1 aromatic heterocycles. The molecule has 0 aliphatic heterocycles. The highest BCUT2D eigenvalue weighted by molar-refractivity contribution is 5.61. The minimum absolute atomic E-state index is 0.676. The largest absolute Gasteiger partial charge is 0.354 e. The van der Waals surface area contributed by atoms with Gasteiger partial charge in [-0.05, 0) is 49.9 Å². The van der Waals surface area contributed by atoms with Crippen molar-refractivity contribution in [2.45, 2.75) is 34.1 Å². The smallest absolute Gasteiger partial charge is 0.224 e. The van der Waals surface area contributed by atoms with Crippen LogP contribution in [0.3, 0.4) is 0 Å². The molecule has 0 radical (unpaired) electrons. The molecule has 0 aliphatic carbocycles. The second-order valence-corrected chi connectivity index (χ2v) is 5.93. The molecule has 118 valence electrons. The highest BCUT2D eigenvalue weighted by Gasteiger charge is 2.10. The van der Waals surface area contributed by atoms with Crippen LogP contribution in [-0.4, -0.2) is 23.1 Å². The number of aromatic nitrogens is 2. The third kappa shape index (κ3) is 4.45. The highest BCUT2D eigenvalue weighted by Crippen LogP contribution is 2.24. The molecular formula is C18H26N4. The van der Waals surface area contributed by atoms with Crippen LogP contribution in [0.2, 0.25) is 0 Å². The van der Waals surface area contributed by atoms with Crippen LogP contribution in [0.5, 0.6) is 0 Å². The topological polar surface area (TPSA) is 41.1 Å². The zero-order chi connectivity index (χ0) is 15.9. The van der Waals surface area contributed by atoms with Gasteiger partial charge in [-0.15, -0.1) is 0 Å². The number of nitrogens with zero attached hydrogens (tertiary/aromatic N) is 3. The van der Waals surface area contributed by atoms with Gasteiger partial charge in [0.25, 0.3) is 0 Å². The van der Waals surface area contributed by atoms with Gasteiger partial charge in [-0.2, -0.15) is 4.98 Å². The molecule has 0 saturated heterocycles. The van der Waals surface area contributed by atoms with Crippen LogP contribution in [0.4, 0.5) is 17.5 Å². The fourth-order valence-corrected chi connectivity index (χ4v) is 2.33. The van der Waals surface area contributed by atoms with Crippen molar-refractivity contribution in [3.05, 3.63) is 42.1 Å². The lowest BCUT2D eigenvalue weighted by Crippen LogP contribution is -2.18. The number of hydrogen-bond donors (Lipinski definition) is 1. The van der Waals surface area contributed by atoms with Gasteiger partial charge >= 0.3 is 0 Å². The molecule has 0 fully saturated rings. The molecule has 0 atom stereocenters. The molecule has 0 bridgehead atoms. The Morgan fingerprint density at radius 3 is 2.73 bits per heavy atom. The van der Waals surface area contributed by atoms with E-state index in [-0.39, 0.29) is 0 Å². The van der Waals surface area contributed by atoms with E-state index in [1.54, 1.807) is 0 Å². The molecule has 1 aromatic carbocycles. The third-order valence-electron chi connectivity index (χ3n) is 3.55. The first-order chi connectivity index (χ1) is 10.6. The summed E-state index contributed by atoms with van der Waals surface area (Å²) in [6, 6.07) is 10.4. The molecule has 4 nitrogen and oxygen atoms in total. The Balaban J connectivity index is 2.15. The molecule has 0 spiro atoms. The lowest BCUT2D eigenvalue weighted by atomic mass is 10.1. The van der Waals surface area contributed by atoms with Crippen LogP contribution in [0.25, 0.3) is 0 Å². The quantitative estimate of drug-likeness (QED) is 0.822. The van der Waals surface area contributed by atoms with Crippen LogP contribution in [0, 0.1) is 12.8 Å². The molecule has 2 rings (SSSR count). The van der Waals surface area contributed by atoms with E-state index in [0.29, 0.717) is 11.9 Å². The van der Waals surface area contributed by atoms with E-state index in [1.807, 2.05) is 12.3 Å². The van der Waals surface area contributed by atoms with Gasteiger partial charge in [0, 0.05) is 25.0 Å². The first kappa shape index (κ1) is 16.3. The second-order valence-electron chi connectivity index (χ2n) is 5.93. The van der Waals surface area contributed by atoms with Gasteiger partial charge in [-0.3, -0.25) is 0 Å². The molecule has 1 heterocycles. The third-order valence-corrected chi connectivity index (χ3v) is 3.55. The van der Waals surface area contributed by atoms with Crippen molar-refractivity contribution in [1.29, 1.82) is 0 Å².